The number of rotatable bonds is 3. The average molecular weight is 184 g/mol. The van der Waals surface area contributed by atoms with Crippen molar-refractivity contribution in [1.29, 1.82) is 0 Å². The van der Waals surface area contributed by atoms with Crippen LogP contribution in [0.2, 0.25) is 0 Å². The normalized spacial score (nSPS) is 33.3. The van der Waals surface area contributed by atoms with Crippen LogP contribution < -0.4 is 10.6 Å². The first-order valence-corrected chi connectivity index (χ1v) is 5.09. The van der Waals surface area contributed by atoms with E-state index in [1.807, 2.05) is 0 Å². The molecule has 3 unspecified atom stereocenters. The van der Waals surface area contributed by atoms with Crippen LogP contribution in [0.3, 0.4) is 0 Å². The Balaban J connectivity index is 2.33. The van der Waals surface area contributed by atoms with Gasteiger partial charge in [-0.2, -0.15) is 0 Å². The van der Waals surface area contributed by atoms with Gasteiger partial charge >= 0.3 is 0 Å². The van der Waals surface area contributed by atoms with E-state index in [0.717, 1.165) is 12.3 Å². The molecule has 0 spiro atoms. The maximum atomic E-state index is 11.3. The second kappa shape index (κ2) is 4.61. The molecule has 1 amide bonds. The van der Waals surface area contributed by atoms with E-state index in [-0.39, 0.29) is 5.91 Å². The SMILES string of the molecule is CNCC(=O)NC1CCC(C)C1C. The maximum absolute atomic E-state index is 11.3. The van der Waals surface area contributed by atoms with E-state index in [4.69, 9.17) is 0 Å². The van der Waals surface area contributed by atoms with Crippen molar-refractivity contribution in [3.63, 3.8) is 0 Å². The molecule has 1 aliphatic carbocycles. The monoisotopic (exact) mass is 184 g/mol. The Morgan fingerprint density at radius 3 is 2.54 bits per heavy atom. The van der Waals surface area contributed by atoms with Crippen molar-refractivity contribution in [3.05, 3.63) is 0 Å². The second-order valence-corrected chi connectivity index (χ2v) is 4.12. The summed E-state index contributed by atoms with van der Waals surface area (Å²) in [7, 11) is 1.79. The predicted octanol–water partition coefficient (Wildman–Crippen LogP) is 0.757. The molecule has 0 aromatic rings. The molecule has 2 N–H and O–H groups in total. The van der Waals surface area contributed by atoms with Crippen molar-refractivity contribution in [2.45, 2.75) is 32.7 Å². The lowest BCUT2D eigenvalue weighted by Crippen LogP contribution is -2.41. The smallest absolute Gasteiger partial charge is 0.234 e. The summed E-state index contributed by atoms with van der Waals surface area (Å²) in [6.07, 6.45) is 2.38. The third-order valence-corrected chi connectivity index (χ3v) is 3.15. The quantitative estimate of drug-likeness (QED) is 0.680. The fraction of sp³-hybridized carbons (Fsp3) is 0.900. The summed E-state index contributed by atoms with van der Waals surface area (Å²) in [4.78, 5) is 11.3. The van der Waals surface area contributed by atoms with Crippen LogP contribution in [-0.2, 0) is 4.79 Å². The summed E-state index contributed by atoms with van der Waals surface area (Å²) in [5, 5.41) is 5.91. The topological polar surface area (TPSA) is 41.1 Å². The minimum Gasteiger partial charge on any atom is -0.352 e. The molecule has 0 aliphatic heterocycles. The third-order valence-electron chi connectivity index (χ3n) is 3.15. The van der Waals surface area contributed by atoms with Crippen molar-refractivity contribution in [2.75, 3.05) is 13.6 Å². The van der Waals surface area contributed by atoms with Gasteiger partial charge in [-0.1, -0.05) is 13.8 Å². The van der Waals surface area contributed by atoms with Crippen LogP contribution in [-0.4, -0.2) is 25.5 Å². The lowest BCUT2D eigenvalue weighted by atomic mass is 9.98. The van der Waals surface area contributed by atoms with E-state index in [9.17, 15) is 4.79 Å². The van der Waals surface area contributed by atoms with E-state index < -0.39 is 0 Å². The van der Waals surface area contributed by atoms with Crippen molar-refractivity contribution in [2.24, 2.45) is 11.8 Å². The highest BCUT2D eigenvalue weighted by atomic mass is 16.1. The third kappa shape index (κ3) is 2.69. The predicted molar refractivity (Wildman–Crippen MR) is 53.4 cm³/mol. The van der Waals surface area contributed by atoms with Gasteiger partial charge in [-0.05, 0) is 31.7 Å². The molecule has 0 aromatic carbocycles. The molecule has 3 atom stereocenters. The molecule has 0 saturated heterocycles. The van der Waals surface area contributed by atoms with Gasteiger partial charge in [0.15, 0.2) is 0 Å². The zero-order valence-electron chi connectivity index (χ0n) is 8.76. The first-order valence-electron chi connectivity index (χ1n) is 5.09. The Kier molecular flexibility index (Phi) is 3.72. The van der Waals surface area contributed by atoms with Crippen LogP contribution in [0, 0.1) is 11.8 Å². The number of likely N-dealkylation sites (N-methyl/N-ethyl adjacent to an activating group) is 1. The second-order valence-electron chi connectivity index (χ2n) is 4.12. The molecule has 0 bridgehead atoms. The molecule has 13 heavy (non-hydrogen) atoms. The van der Waals surface area contributed by atoms with E-state index >= 15 is 0 Å². The molecule has 3 heteroatoms. The number of nitrogens with one attached hydrogen (secondary N) is 2. The van der Waals surface area contributed by atoms with Crippen molar-refractivity contribution in [3.8, 4) is 0 Å². The molecule has 3 nitrogen and oxygen atoms in total. The highest BCUT2D eigenvalue weighted by molar-refractivity contribution is 5.78. The highest BCUT2D eigenvalue weighted by Gasteiger charge is 2.30. The fourth-order valence-corrected chi connectivity index (χ4v) is 1.99. The summed E-state index contributed by atoms with van der Waals surface area (Å²) in [5.41, 5.74) is 0. The van der Waals surface area contributed by atoms with Gasteiger partial charge in [0.2, 0.25) is 5.91 Å². The van der Waals surface area contributed by atoms with Gasteiger partial charge in [-0.3, -0.25) is 4.79 Å². The van der Waals surface area contributed by atoms with Crippen molar-refractivity contribution < 1.29 is 4.79 Å². The standard InChI is InChI=1S/C10H20N2O/c1-7-4-5-9(8(7)2)12-10(13)6-11-3/h7-9,11H,4-6H2,1-3H3,(H,12,13). The minimum atomic E-state index is 0.119. The van der Waals surface area contributed by atoms with Crippen LogP contribution in [0.4, 0.5) is 0 Å². The molecule has 0 heterocycles. The van der Waals surface area contributed by atoms with Crippen LogP contribution in [0.25, 0.3) is 0 Å². The van der Waals surface area contributed by atoms with Gasteiger partial charge in [-0.15, -0.1) is 0 Å². The minimum absolute atomic E-state index is 0.119. The molecule has 1 aliphatic rings. The maximum Gasteiger partial charge on any atom is 0.234 e. The molecule has 76 valence electrons. The summed E-state index contributed by atoms with van der Waals surface area (Å²) in [6.45, 7) is 4.91. The van der Waals surface area contributed by atoms with Crippen molar-refractivity contribution in [1.82, 2.24) is 10.6 Å². The largest absolute Gasteiger partial charge is 0.352 e. The van der Waals surface area contributed by atoms with Gasteiger partial charge in [0.25, 0.3) is 0 Å². The van der Waals surface area contributed by atoms with Gasteiger partial charge in [-0.25, -0.2) is 0 Å². The van der Waals surface area contributed by atoms with E-state index in [1.54, 1.807) is 7.05 Å². The lowest BCUT2D eigenvalue weighted by molar-refractivity contribution is -0.121. The first kappa shape index (κ1) is 10.5. The van der Waals surface area contributed by atoms with Gasteiger partial charge < -0.3 is 10.6 Å². The van der Waals surface area contributed by atoms with E-state index in [0.29, 0.717) is 18.5 Å². The molecular weight excluding hydrogens is 164 g/mol. The van der Waals surface area contributed by atoms with E-state index in [2.05, 4.69) is 24.5 Å². The molecular formula is C10H20N2O. The molecule has 0 radical (unpaired) electrons. The molecule has 0 aromatic heterocycles. The highest BCUT2D eigenvalue weighted by Crippen LogP contribution is 2.30. The van der Waals surface area contributed by atoms with Gasteiger partial charge in [0.1, 0.15) is 0 Å². The summed E-state index contributed by atoms with van der Waals surface area (Å²) in [6, 6.07) is 0.399. The Morgan fingerprint density at radius 1 is 1.38 bits per heavy atom. The number of carbonyl (C=O) groups is 1. The Morgan fingerprint density at radius 2 is 2.08 bits per heavy atom. The number of carbonyl (C=O) groups excluding carboxylic acids is 1. The Bertz CT molecular complexity index is 182. The summed E-state index contributed by atoms with van der Waals surface area (Å²) < 4.78 is 0. The van der Waals surface area contributed by atoms with E-state index in [1.165, 1.54) is 6.42 Å². The van der Waals surface area contributed by atoms with Gasteiger partial charge in [0, 0.05) is 6.04 Å². The Hall–Kier alpha value is -0.570. The van der Waals surface area contributed by atoms with Crippen LogP contribution in [0.1, 0.15) is 26.7 Å². The van der Waals surface area contributed by atoms with Crippen LogP contribution >= 0.6 is 0 Å². The van der Waals surface area contributed by atoms with Crippen LogP contribution in [0.5, 0.6) is 0 Å². The van der Waals surface area contributed by atoms with Crippen LogP contribution in [0.15, 0.2) is 0 Å². The van der Waals surface area contributed by atoms with Gasteiger partial charge in [0.05, 0.1) is 6.54 Å². The first-order chi connectivity index (χ1) is 6.15. The lowest BCUT2D eigenvalue weighted by Gasteiger charge is -2.19. The number of hydrogen-bond donors (Lipinski definition) is 2. The molecule has 1 saturated carbocycles. The summed E-state index contributed by atoms with van der Waals surface area (Å²) in [5.74, 6) is 1.49. The number of hydrogen-bond acceptors (Lipinski definition) is 2. The zero-order valence-corrected chi connectivity index (χ0v) is 8.76. The molecule has 1 fully saturated rings. The number of amides is 1. The average Bonchev–Trinajstić information content (AvgIpc) is 2.37. The Labute approximate surface area is 80.3 Å². The summed E-state index contributed by atoms with van der Waals surface area (Å²) >= 11 is 0. The molecule has 1 rings (SSSR count). The zero-order chi connectivity index (χ0) is 9.84. The van der Waals surface area contributed by atoms with Crippen molar-refractivity contribution >= 4 is 5.91 Å². The fourth-order valence-electron chi connectivity index (χ4n) is 1.99.